The van der Waals surface area contributed by atoms with E-state index in [2.05, 4.69) is 28.8 Å². The Morgan fingerprint density at radius 2 is 2.00 bits per heavy atom. The zero-order valence-electron chi connectivity index (χ0n) is 13.1. The van der Waals surface area contributed by atoms with Crippen molar-refractivity contribution in [3.8, 4) is 23.0 Å². The molecule has 5 nitrogen and oxygen atoms in total. The van der Waals surface area contributed by atoms with E-state index in [1.807, 2.05) is 25.3 Å². The minimum absolute atomic E-state index is 0.188. The van der Waals surface area contributed by atoms with Crippen molar-refractivity contribution in [3.63, 3.8) is 0 Å². The van der Waals surface area contributed by atoms with Gasteiger partial charge >= 0.3 is 0 Å². The molecule has 0 saturated carbocycles. The Bertz CT molecular complexity index is 837. The number of nitrogens with one attached hydrogen (secondary N) is 1. The van der Waals surface area contributed by atoms with Crippen molar-refractivity contribution in [3.05, 3.63) is 35.7 Å². The maximum Gasteiger partial charge on any atom is 0.156 e. The van der Waals surface area contributed by atoms with Crippen LogP contribution in [0.15, 0.2) is 24.4 Å². The number of H-pyrrole nitrogens is 1. The first-order valence-electron chi connectivity index (χ1n) is 7.24. The summed E-state index contributed by atoms with van der Waals surface area (Å²) in [5.41, 5.74) is 3.21. The third kappa shape index (κ3) is 2.28. The van der Waals surface area contributed by atoms with Gasteiger partial charge in [0.25, 0.3) is 0 Å². The van der Waals surface area contributed by atoms with Gasteiger partial charge in [0.15, 0.2) is 5.82 Å². The number of imidazole rings is 1. The molecule has 2 aromatic heterocycles. The lowest BCUT2D eigenvalue weighted by Crippen LogP contribution is -1.94. The Labute approximate surface area is 129 Å². The molecular formula is C17H19N3O2. The molecule has 2 heterocycles. The Hall–Kier alpha value is -2.56. The first-order chi connectivity index (χ1) is 10.5. The van der Waals surface area contributed by atoms with Crippen molar-refractivity contribution in [1.29, 1.82) is 0 Å². The Balaban J connectivity index is 2.20. The van der Waals surface area contributed by atoms with E-state index >= 15 is 0 Å². The van der Waals surface area contributed by atoms with Crippen molar-refractivity contribution in [2.24, 2.45) is 0 Å². The zero-order valence-corrected chi connectivity index (χ0v) is 13.1. The van der Waals surface area contributed by atoms with Gasteiger partial charge < -0.3 is 14.8 Å². The van der Waals surface area contributed by atoms with Gasteiger partial charge in [-0.1, -0.05) is 13.8 Å². The molecule has 0 aliphatic carbocycles. The third-order valence-electron chi connectivity index (χ3n) is 3.81. The number of aromatic hydroxyl groups is 1. The third-order valence-corrected chi connectivity index (χ3v) is 3.81. The highest BCUT2D eigenvalue weighted by atomic mass is 16.5. The summed E-state index contributed by atoms with van der Waals surface area (Å²) in [7, 11) is 1.62. The van der Waals surface area contributed by atoms with Gasteiger partial charge in [0.05, 0.1) is 18.3 Å². The number of rotatable bonds is 3. The van der Waals surface area contributed by atoms with Crippen LogP contribution >= 0.6 is 0 Å². The molecule has 0 amide bonds. The molecule has 2 N–H and O–H groups in total. The lowest BCUT2D eigenvalue weighted by atomic mass is 10.1. The molecule has 114 valence electrons. The summed E-state index contributed by atoms with van der Waals surface area (Å²) in [4.78, 5) is 12.3. The molecular weight excluding hydrogens is 278 g/mol. The summed E-state index contributed by atoms with van der Waals surface area (Å²) >= 11 is 0. The van der Waals surface area contributed by atoms with E-state index < -0.39 is 0 Å². The molecule has 3 rings (SSSR count). The molecule has 0 radical (unpaired) electrons. The minimum atomic E-state index is 0.188. The van der Waals surface area contributed by atoms with Gasteiger partial charge in [0.2, 0.25) is 0 Å². The largest absolute Gasteiger partial charge is 0.507 e. The fourth-order valence-electron chi connectivity index (χ4n) is 2.50. The SMILES string of the molecule is COc1ccc2c(O)cc(-c3nc(C(C)C)c[nH]3)nc2c1C. The predicted octanol–water partition coefficient (Wildman–Crippen LogP) is 3.77. The number of aromatic amines is 1. The van der Waals surface area contributed by atoms with Gasteiger partial charge in [0, 0.05) is 23.2 Å². The van der Waals surface area contributed by atoms with Gasteiger partial charge in [0.1, 0.15) is 17.2 Å². The minimum Gasteiger partial charge on any atom is -0.507 e. The molecule has 0 aliphatic heterocycles. The summed E-state index contributed by atoms with van der Waals surface area (Å²) in [5, 5.41) is 11.0. The average molecular weight is 297 g/mol. The summed E-state index contributed by atoms with van der Waals surface area (Å²) in [6, 6.07) is 5.29. The zero-order chi connectivity index (χ0) is 15.9. The van der Waals surface area contributed by atoms with Crippen LogP contribution in [0.3, 0.4) is 0 Å². The smallest absolute Gasteiger partial charge is 0.156 e. The van der Waals surface area contributed by atoms with E-state index in [1.54, 1.807) is 13.2 Å². The van der Waals surface area contributed by atoms with E-state index in [4.69, 9.17) is 4.74 Å². The number of benzene rings is 1. The number of fused-ring (bicyclic) bond motifs is 1. The molecule has 0 unspecified atom stereocenters. The highest BCUT2D eigenvalue weighted by molar-refractivity contribution is 5.90. The number of ether oxygens (including phenoxy) is 1. The van der Waals surface area contributed by atoms with E-state index in [0.717, 1.165) is 22.5 Å². The van der Waals surface area contributed by atoms with Crippen LogP contribution < -0.4 is 4.74 Å². The topological polar surface area (TPSA) is 71.0 Å². The molecule has 22 heavy (non-hydrogen) atoms. The van der Waals surface area contributed by atoms with Crippen LogP contribution in [0.2, 0.25) is 0 Å². The summed E-state index contributed by atoms with van der Waals surface area (Å²) in [6.45, 7) is 6.10. The lowest BCUT2D eigenvalue weighted by Gasteiger charge is -2.10. The monoisotopic (exact) mass is 297 g/mol. The molecule has 0 bridgehead atoms. The highest BCUT2D eigenvalue weighted by Crippen LogP contribution is 2.33. The second-order valence-corrected chi connectivity index (χ2v) is 5.64. The van der Waals surface area contributed by atoms with E-state index in [-0.39, 0.29) is 5.75 Å². The number of pyridine rings is 1. The number of hydrogen-bond donors (Lipinski definition) is 2. The normalized spacial score (nSPS) is 11.3. The Morgan fingerprint density at radius 3 is 2.64 bits per heavy atom. The van der Waals surface area contributed by atoms with Gasteiger partial charge in [-0.15, -0.1) is 0 Å². The number of hydrogen-bond acceptors (Lipinski definition) is 4. The van der Waals surface area contributed by atoms with Crippen LogP contribution in [0.1, 0.15) is 31.0 Å². The summed E-state index contributed by atoms with van der Waals surface area (Å²) in [6.07, 6.45) is 1.88. The first-order valence-corrected chi connectivity index (χ1v) is 7.24. The lowest BCUT2D eigenvalue weighted by molar-refractivity contribution is 0.412. The molecule has 1 aromatic carbocycles. The van der Waals surface area contributed by atoms with Gasteiger partial charge in [-0.3, -0.25) is 0 Å². The van der Waals surface area contributed by atoms with Crippen LogP contribution in [0.25, 0.3) is 22.4 Å². The standard InChI is InChI=1S/C17H19N3O2/c1-9(2)13-8-18-17(20-13)12-7-14(21)11-5-6-15(22-4)10(3)16(11)19-12/h5-9H,1-4H3,(H,18,20)(H,19,21). The quantitative estimate of drug-likeness (QED) is 0.772. The molecule has 0 spiro atoms. The van der Waals surface area contributed by atoms with Crippen LogP contribution in [0.4, 0.5) is 0 Å². The van der Waals surface area contributed by atoms with Crippen LogP contribution in [-0.4, -0.2) is 27.2 Å². The van der Waals surface area contributed by atoms with E-state index in [9.17, 15) is 5.11 Å². The molecule has 3 aromatic rings. The van der Waals surface area contributed by atoms with Crippen molar-refractivity contribution in [1.82, 2.24) is 15.0 Å². The molecule has 0 fully saturated rings. The number of aryl methyl sites for hydroxylation is 1. The maximum atomic E-state index is 10.3. The molecule has 5 heteroatoms. The van der Waals surface area contributed by atoms with E-state index in [1.165, 1.54) is 0 Å². The maximum absolute atomic E-state index is 10.3. The Kier molecular flexibility index (Phi) is 3.48. The van der Waals surface area contributed by atoms with Crippen molar-refractivity contribution >= 4 is 10.9 Å². The fraction of sp³-hybridized carbons (Fsp3) is 0.294. The van der Waals surface area contributed by atoms with E-state index in [0.29, 0.717) is 22.8 Å². The van der Waals surface area contributed by atoms with Gasteiger partial charge in [-0.2, -0.15) is 0 Å². The number of aromatic nitrogens is 3. The number of nitrogens with zero attached hydrogens (tertiary/aromatic N) is 2. The molecule has 0 saturated heterocycles. The average Bonchev–Trinajstić information content (AvgIpc) is 2.98. The second-order valence-electron chi connectivity index (χ2n) is 5.64. The van der Waals surface area contributed by atoms with Crippen LogP contribution in [0.5, 0.6) is 11.5 Å². The Morgan fingerprint density at radius 1 is 1.23 bits per heavy atom. The van der Waals surface area contributed by atoms with Crippen molar-refractivity contribution < 1.29 is 9.84 Å². The van der Waals surface area contributed by atoms with Crippen molar-refractivity contribution in [2.75, 3.05) is 7.11 Å². The van der Waals surface area contributed by atoms with Crippen LogP contribution in [0, 0.1) is 6.92 Å². The fourth-order valence-corrected chi connectivity index (χ4v) is 2.50. The first kappa shape index (κ1) is 14.4. The highest BCUT2D eigenvalue weighted by Gasteiger charge is 2.14. The predicted molar refractivity (Wildman–Crippen MR) is 86.4 cm³/mol. The van der Waals surface area contributed by atoms with Crippen molar-refractivity contribution in [2.45, 2.75) is 26.7 Å². The van der Waals surface area contributed by atoms with Crippen LogP contribution in [-0.2, 0) is 0 Å². The number of methoxy groups -OCH3 is 1. The van der Waals surface area contributed by atoms with Gasteiger partial charge in [-0.25, -0.2) is 9.97 Å². The van der Waals surface area contributed by atoms with Gasteiger partial charge in [-0.05, 0) is 25.0 Å². The summed E-state index contributed by atoms with van der Waals surface area (Å²) < 4.78 is 5.33. The molecule has 0 aliphatic rings. The second kappa shape index (κ2) is 5.33. The molecule has 0 atom stereocenters. The summed E-state index contributed by atoms with van der Waals surface area (Å²) in [5.74, 6) is 1.93.